The largest absolute Gasteiger partial charge is 0.321 e. The second kappa shape index (κ2) is 7.30. The fourth-order valence-electron chi connectivity index (χ4n) is 3.23. The molecule has 0 fully saturated rings. The lowest BCUT2D eigenvalue weighted by Gasteiger charge is -2.18. The van der Waals surface area contributed by atoms with Crippen molar-refractivity contribution < 1.29 is 9.59 Å². The molecule has 0 aliphatic carbocycles. The van der Waals surface area contributed by atoms with E-state index in [9.17, 15) is 9.59 Å². The maximum absolute atomic E-state index is 12.9. The minimum Gasteiger partial charge on any atom is -0.321 e. The summed E-state index contributed by atoms with van der Waals surface area (Å²) >= 11 is 12.1. The van der Waals surface area contributed by atoms with Crippen molar-refractivity contribution in [2.24, 2.45) is 7.05 Å². The highest BCUT2D eigenvalue weighted by Gasteiger charge is 2.27. The Balaban J connectivity index is 1.55. The highest BCUT2D eigenvalue weighted by Crippen LogP contribution is 2.33. The average molecular weight is 415 g/mol. The minimum absolute atomic E-state index is 0.175. The van der Waals surface area contributed by atoms with Crippen molar-refractivity contribution in [2.75, 3.05) is 16.8 Å². The van der Waals surface area contributed by atoms with E-state index < -0.39 is 0 Å². The summed E-state index contributed by atoms with van der Waals surface area (Å²) in [5, 5.41) is 7.74. The lowest BCUT2D eigenvalue weighted by molar-refractivity contribution is 0.0987. The summed E-state index contributed by atoms with van der Waals surface area (Å²) in [7, 11) is 1.75. The van der Waals surface area contributed by atoms with E-state index in [1.807, 2.05) is 12.1 Å². The zero-order chi connectivity index (χ0) is 19.8. The Labute approximate surface area is 171 Å². The molecule has 142 valence electrons. The molecule has 1 N–H and O–H groups in total. The van der Waals surface area contributed by atoms with E-state index in [0.717, 1.165) is 11.3 Å². The fraction of sp³-hybridized carbons (Fsp3) is 0.150. The van der Waals surface area contributed by atoms with E-state index in [4.69, 9.17) is 23.2 Å². The molecule has 8 heteroatoms. The first-order chi connectivity index (χ1) is 13.4. The second-order valence-electron chi connectivity index (χ2n) is 6.50. The van der Waals surface area contributed by atoms with Crippen LogP contribution >= 0.6 is 23.2 Å². The van der Waals surface area contributed by atoms with Gasteiger partial charge in [0.2, 0.25) is 0 Å². The Bertz CT molecular complexity index is 1090. The molecule has 4 rings (SSSR count). The lowest BCUT2D eigenvalue weighted by atomic mass is 10.1. The molecule has 2 heterocycles. The standard InChI is InChI=1S/C20H16Cl2N4O2/c1-25-8-7-17(24-25)19(27)23-14-3-5-18-12(10-14)6-9-26(18)20(28)15-4-2-13(21)11-16(15)22/h2-5,7-8,10-11H,6,9H2,1H3,(H,23,27). The van der Waals surface area contributed by atoms with Gasteiger partial charge in [0, 0.05) is 36.2 Å². The van der Waals surface area contributed by atoms with Crippen LogP contribution in [-0.2, 0) is 13.5 Å². The molecule has 28 heavy (non-hydrogen) atoms. The first-order valence-electron chi connectivity index (χ1n) is 8.63. The fourth-order valence-corrected chi connectivity index (χ4v) is 3.72. The number of rotatable bonds is 3. The summed E-state index contributed by atoms with van der Waals surface area (Å²) in [6, 6.07) is 12.0. The number of fused-ring (bicyclic) bond motifs is 1. The van der Waals surface area contributed by atoms with Gasteiger partial charge in [0.25, 0.3) is 11.8 Å². The van der Waals surface area contributed by atoms with E-state index in [-0.39, 0.29) is 11.8 Å². The number of hydrogen-bond donors (Lipinski definition) is 1. The van der Waals surface area contributed by atoms with Crippen molar-refractivity contribution in [2.45, 2.75) is 6.42 Å². The monoisotopic (exact) mass is 414 g/mol. The Kier molecular flexibility index (Phi) is 4.83. The molecule has 0 unspecified atom stereocenters. The van der Waals surface area contributed by atoms with E-state index in [0.29, 0.717) is 40.0 Å². The van der Waals surface area contributed by atoms with Crippen molar-refractivity contribution in [3.05, 3.63) is 75.5 Å². The van der Waals surface area contributed by atoms with Gasteiger partial charge in [-0.05, 0) is 54.4 Å². The summed E-state index contributed by atoms with van der Waals surface area (Å²) in [6.07, 6.45) is 2.41. The quantitative estimate of drug-likeness (QED) is 0.698. The summed E-state index contributed by atoms with van der Waals surface area (Å²) in [4.78, 5) is 26.9. The number of halogens is 2. The molecule has 0 saturated carbocycles. The molecule has 1 aliphatic rings. The third-order valence-corrected chi connectivity index (χ3v) is 5.13. The third-order valence-electron chi connectivity index (χ3n) is 4.59. The van der Waals surface area contributed by atoms with E-state index >= 15 is 0 Å². The number of benzene rings is 2. The number of hydrogen-bond acceptors (Lipinski definition) is 3. The van der Waals surface area contributed by atoms with Gasteiger partial charge in [-0.2, -0.15) is 5.10 Å². The third kappa shape index (κ3) is 3.48. The Morgan fingerprint density at radius 2 is 1.93 bits per heavy atom. The molecule has 1 aromatic heterocycles. The van der Waals surface area contributed by atoms with Crippen molar-refractivity contribution in [1.29, 1.82) is 0 Å². The molecule has 6 nitrogen and oxygen atoms in total. The molecule has 2 aromatic carbocycles. The zero-order valence-corrected chi connectivity index (χ0v) is 16.5. The van der Waals surface area contributed by atoms with Gasteiger partial charge < -0.3 is 10.2 Å². The van der Waals surface area contributed by atoms with Gasteiger partial charge in [0.05, 0.1) is 10.6 Å². The van der Waals surface area contributed by atoms with Crippen LogP contribution < -0.4 is 10.2 Å². The van der Waals surface area contributed by atoms with Crippen LogP contribution in [0.25, 0.3) is 0 Å². The molecule has 2 amide bonds. The first kappa shape index (κ1) is 18.5. The Morgan fingerprint density at radius 1 is 1.11 bits per heavy atom. The summed E-state index contributed by atoms with van der Waals surface area (Å²) in [5.74, 6) is -0.454. The molecule has 0 radical (unpaired) electrons. The minimum atomic E-state index is -0.278. The number of carbonyl (C=O) groups excluding carboxylic acids is 2. The van der Waals surface area contributed by atoms with Gasteiger partial charge in [-0.1, -0.05) is 23.2 Å². The smallest absolute Gasteiger partial charge is 0.276 e. The van der Waals surface area contributed by atoms with E-state index in [1.54, 1.807) is 53.2 Å². The number of aryl methyl sites for hydroxylation is 1. The first-order valence-corrected chi connectivity index (χ1v) is 9.39. The lowest BCUT2D eigenvalue weighted by Crippen LogP contribution is -2.29. The number of nitrogens with zero attached hydrogens (tertiary/aromatic N) is 3. The van der Waals surface area contributed by atoms with Gasteiger partial charge in [-0.15, -0.1) is 0 Å². The molecule has 0 bridgehead atoms. The van der Waals surface area contributed by atoms with Crippen molar-refractivity contribution in [1.82, 2.24) is 9.78 Å². The summed E-state index contributed by atoms with van der Waals surface area (Å²) in [5.41, 5.74) is 3.21. The van der Waals surface area contributed by atoms with Gasteiger partial charge in [-0.3, -0.25) is 14.3 Å². The van der Waals surface area contributed by atoms with Gasteiger partial charge >= 0.3 is 0 Å². The number of carbonyl (C=O) groups is 2. The Hall–Kier alpha value is -2.83. The zero-order valence-electron chi connectivity index (χ0n) is 14.9. The molecule has 0 saturated heterocycles. The van der Waals surface area contributed by atoms with Gasteiger partial charge in [0.15, 0.2) is 5.69 Å². The molecular weight excluding hydrogens is 399 g/mol. The highest BCUT2D eigenvalue weighted by molar-refractivity contribution is 6.37. The van der Waals surface area contributed by atoms with Crippen molar-refractivity contribution in [3.63, 3.8) is 0 Å². The predicted molar refractivity (Wildman–Crippen MR) is 109 cm³/mol. The van der Waals surface area contributed by atoms with Gasteiger partial charge in [0.1, 0.15) is 0 Å². The Morgan fingerprint density at radius 3 is 2.64 bits per heavy atom. The number of amides is 2. The molecule has 0 atom stereocenters. The summed E-state index contributed by atoms with van der Waals surface area (Å²) < 4.78 is 1.57. The van der Waals surface area contributed by atoms with Crippen LogP contribution in [0.2, 0.25) is 10.0 Å². The van der Waals surface area contributed by atoms with E-state index in [1.165, 1.54) is 0 Å². The van der Waals surface area contributed by atoms with Crippen LogP contribution in [0.5, 0.6) is 0 Å². The number of anilines is 2. The molecule has 1 aliphatic heterocycles. The molecule has 0 spiro atoms. The van der Waals surface area contributed by atoms with Crippen LogP contribution in [0.1, 0.15) is 26.4 Å². The number of aromatic nitrogens is 2. The average Bonchev–Trinajstić information content (AvgIpc) is 3.27. The normalized spacial score (nSPS) is 12.8. The van der Waals surface area contributed by atoms with E-state index in [2.05, 4.69) is 10.4 Å². The van der Waals surface area contributed by atoms with Crippen LogP contribution in [0.4, 0.5) is 11.4 Å². The topological polar surface area (TPSA) is 67.2 Å². The van der Waals surface area contributed by atoms with Crippen LogP contribution in [0.15, 0.2) is 48.7 Å². The van der Waals surface area contributed by atoms with Gasteiger partial charge in [-0.25, -0.2) is 0 Å². The SMILES string of the molecule is Cn1ccc(C(=O)Nc2ccc3c(c2)CCN3C(=O)c2ccc(Cl)cc2Cl)n1. The second-order valence-corrected chi connectivity index (χ2v) is 7.35. The highest BCUT2D eigenvalue weighted by atomic mass is 35.5. The van der Waals surface area contributed by atoms with Crippen LogP contribution in [-0.4, -0.2) is 28.1 Å². The predicted octanol–water partition coefficient (Wildman–Crippen LogP) is 4.18. The van der Waals surface area contributed by atoms with Crippen LogP contribution in [0, 0.1) is 0 Å². The maximum Gasteiger partial charge on any atom is 0.276 e. The number of nitrogens with one attached hydrogen (secondary N) is 1. The van der Waals surface area contributed by atoms with Crippen molar-refractivity contribution in [3.8, 4) is 0 Å². The maximum atomic E-state index is 12.9. The summed E-state index contributed by atoms with van der Waals surface area (Å²) in [6.45, 7) is 0.546. The van der Waals surface area contributed by atoms with Crippen LogP contribution in [0.3, 0.4) is 0 Å². The molecular formula is C20H16Cl2N4O2. The molecule has 3 aromatic rings. The van der Waals surface area contributed by atoms with Crippen molar-refractivity contribution >= 4 is 46.4 Å².